The molecule has 3 unspecified atom stereocenters. The van der Waals surface area contributed by atoms with Crippen LogP contribution < -0.4 is 5.32 Å². The summed E-state index contributed by atoms with van der Waals surface area (Å²) in [5.41, 5.74) is 0. The van der Waals surface area contributed by atoms with Gasteiger partial charge in [0.1, 0.15) is 0 Å². The minimum absolute atomic E-state index is 0.0146. The maximum Gasteiger partial charge on any atom is 0.305 e. The van der Waals surface area contributed by atoms with E-state index in [9.17, 15) is 9.90 Å². The van der Waals surface area contributed by atoms with Crippen molar-refractivity contribution in [3.63, 3.8) is 0 Å². The van der Waals surface area contributed by atoms with Crippen molar-refractivity contribution in [3.05, 3.63) is 0 Å². The largest absolute Gasteiger partial charge is 0.466 e. The second-order valence-corrected chi connectivity index (χ2v) is 8.53. The molecule has 0 saturated heterocycles. The van der Waals surface area contributed by atoms with E-state index in [1.54, 1.807) is 0 Å². The Labute approximate surface area is 167 Å². The molecule has 4 nitrogen and oxygen atoms in total. The smallest absolute Gasteiger partial charge is 0.305 e. The lowest BCUT2D eigenvalue weighted by Crippen LogP contribution is -2.40. The van der Waals surface area contributed by atoms with E-state index in [1.165, 1.54) is 51.4 Å². The summed E-state index contributed by atoms with van der Waals surface area (Å²) >= 11 is 0. The maximum absolute atomic E-state index is 11.6. The van der Waals surface area contributed by atoms with Gasteiger partial charge in [0.15, 0.2) is 0 Å². The van der Waals surface area contributed by atoms with Gasteiger partial charge in [-0.05, 0) is 51.9 Å². The number of rotatable bonds is 16. The van der Waals surface area contributed by atoms with Gasteiger partial charge in [0.25, 0.3) is 0 Å². The van der Waals surface area contributed by atoms with Crippen LogP contribution in [0.5, 0.6) is 0 Å². The van der Waals surface area contributed by atoms with Gasteiger partial charge in [0, 0.05) is 18.5 Å². The van der Waals surface area contributed by atoms with Crippen LogP contribution >= 0.6 is 0 Å². The number of nitrogens with one attached hydrogen (secondary N) is 1. The zero-order valence-electron chi connectivity index (χ0n) is 18.0. The van der Waals surface area contributed by atoms with E-state index in [4.69, 9.17) is 4.74 Å². The van der Waals surface area contributed by atoms with Crippen molar-refractivity contribution in [2.24, 2.45) is 0 Å². The van der Waals surface area contributed by atoms with Gasteiger partial charge in [0.2, 0.25) is 0 Å². The molecule has 0 aromatic heterocycles. The molecule has 0 aromatic rings. The Morgan fingerprint density at radius 2 is 1.74 bits per heavy atom. The molecule has 0 bridgehead atoms. The summed E-state index contributed by atoms with van der Waals surface area (Å²) in [6.07, 6.45) is 17.7. The van der Waals surface area contributed by atoms with Gasteiger partial charge in [-0.1, -0.05) is 58.3 Å². The number of aliphatic hydroxyl groups is 1. The van der Waals surface area contributed by atoms with Crippen LogP contribution in [0.3, 0.4) is 0 Å². The van der Waals surface area contributed by atoms with Crippen LogP contribution in [0.2, 0.25) is 0 Å². The molecule has 0 radical (unpaired) electrons. The number of carbonyl (C=O) groups is 1. The van der Waals surface area contributed by atoms with Crippen LogP contribution in [0.4, 0.5) is 0 Å². The first kappa shape index (κ1) is 24.4. The van der Waals surface area contributed by atoms with E-state index < -0.39 is 0 Å². The molecule has 0 heterocycles. The lowest BCUT2D eigenvalue weighted by Gasteiger charge is -2.29. The molecule has 3 atom stereocenters. The fourth-order valence-electron chi connectivity index (χ4n) is 4.02. The first-order valence-corrected chi connectivity index (χ1v) is 11.7. The van der Waals surface area contributed by atoms with Gasteiger partial charge in [0.05, 0.1) is 12.7 Å². The standard InChI is InChI=1S/C23H45NO3/c1-3-4-5-7-11-17-23(26)27-18-12-9-6-8-10-14-20(2)24-21-15-13-16-22(25)19-21/h20-22,24-25H,3-19H2,1-2H3. The van der Waals surface area contributed by atoms with Gasteiger partial charge in [-0.2, -0.15) is 0 Å². The second-order valence-electron chi connectivity index (χ2n) is 8.53. The summed E-state index contributed by atoms with van der Waals surface area (Å²) in [7, 11) is 0. The van der Waals surface area contributed by atoms with Crippen LogP contribution in [0.15, 0.2) is 0 Å². The Hall–Kier alpha value is -0.610. The molecule has 2 N–H and O–H groups in total. The molecule has 0 amide bonds. The lowest BCUT2D eigenvalue weighted by molar-refractivity contribution is -0.143. The summed E-state index contributed by atoms with van der Waals surface area (Å²) in [6.45, 7) is 5.06. The normalized spacial score (nSPS) is 21.1. The molecule has 0 aliphatic heterocycles. The Kier molecular flexibility index (Phi) is 14.8. The van der Waals surface area contributed by atoms with Crippen molar-refractivity contribution in [2.75, 3.05) is 6.61 Å². The van der Waals surface area contributed by atoms with Crippen molar-refractivity contribution < 1.29 is 14.6 Å². The molecule has 4 heteroatoms. The molecule has 27 heavy (non-hydrogen) atoms. The Morgan fingerprint density at radius 1 is 1.04 bits per heavy atom. The Balaban J connectivity index is 1.85. The fraction of sp³-hybridized carbons (Fsp3) is 0.957. The predicted molar refractivity (Wildman–Crippen MR) is 113 cm³/mol. The quantitative estimate of drug-likeness (QED) is 0.272. The van der Waals surface area contributed by atoms with Gasteiger partial charge >= 0.3 is 5.97 Å². The summed E-state index contributed by atoms with van der Waals surface area (Å²) in [6, 6.07) is 1.05. The highest BCUT2D eigenvalue weighted by molar-refractivity contribution is 5.69. The summed E-state index contributed by atoms with van der Waals surface area (Å²) < 4.78 is 5.32. The number of ether oxygens (including phenoxy) is 1. The summed E-state index contributed by atoms with van der Waals surface area (Å²) in [5, 5.41) is 13.4. The number of unbranched alkanes of at least 4 members (excludes halogenated alkanes) is 8. The zero-order chi connectivity index (χ0) is 19.7. The Morgan fingerprint density at radius 3 is 2.52 bits per heavy atom. The number of hydrogen-bond acceptors (Lipinski definition) is 4. The summed E-state index contributed by atoms with van der Waals surface area (Å²) in [5.74, 6) is -0.0146. The highest BCUT2D eigenvalue weighted by Gasteiger charge is 2.20. The van der Waals surface area contributed by atoms with Crippen molar-refractivity contribution in [1.29, 1.82) is 0 Å². The SMILES string of the molecule is CCCCCCCC(=O)OCCCCCCCC(C)NC1CCCC(O)C1. The lowest BCUT2D eigenvalue weighted by atomic mass is 9.92. The van der Waals surface area contributed by atoms with E-state index in [2.05, 4.69) is 19.2 Å². The van der Waals surface area contributed by atoms with Gasteiger partial charge in [-0.15, -0.1) is 0 Å². The van der Waals surface area contributed by atoms with Crippen molar-refractivity contribution in [2.45, 2.75) is 135 Å². The predicted octanol–water partition coefficient (Wildman–Crippen LogP) is 5.51. The molecule has 0 aromatic carbocycles. The summed E-state index contributed by atoms with van der Waals surface area (Å²) in [4.78, 5) is 11.6. The highest BCUT2D eigenvalue weighted by atomic mass is 16.5. The number of esters is 1. The first-order chi connectivity index (χ1) is 13.1. The highest BCUT2D eigenvalue weighted by Crippen LogP contribution is 2.19. The minimum atomic E-state index is -0.0985. The van der Waals surface area contributed by atoms with E-state index >= 15 is 0 Å². The minimum Gasteiger partial charge on any atom is -0.466 e. The average molecular weight is 384 g/mol. The zero-order valence-corrected chi connectivity index (χ0v) is 18.0. The molecular weight excluding hydrogens is 338 g/mol. The molecule has 0 spiro atoms. The number of hydrogen-bond donors (Lipinski definition) is 2. The number of aliphatic hydroxyl groups excluding tert-OH is 1. The van der Waals surface area contributed by atoms with E-state index in [1.807, 2.05) is 0 Å². The van der Waals surface area contributed by atoms with Gasteiger partial charge < -0.3 is 15.2 Å². The van der Waals surface area contributed by atoms with Crippen LogP contribution in [0, 0.1) is 0 Å². The van der Waals surface area contributed by atoms with Gasteiger partial charge in [-0.3, -0.25) is 4.79 Å². The number of carbonyl (C=O) groups excluding carboxylic acids is 1. The van der Waals surface area contributed by atoms with Crippen LogP contribution in [0.25, 0.3) is 0 Å². The van der Waals surface area contributed by atoms with Crippen molar-refractivity contribution in [3.8, 4) is 0 Å². The fourth-order valence-corrected chi connectivity index (χ4v) is 4.02. The van der Waals surface area contributed by atoms with E-state index in [-0.39, 0.29) is 12.1 Å². The van der Waals surface area contributed by atoms with E-state index in [0.717, 1.165) is 44.9 Å². The van der Waals surface area contributed by atoms with Crippen LogP contribution in [0.1, 0.15) is 117 Å². The monoisotopic (exact) mass is 383 g/mol. The third-order valence-corrected chi connectivity index (χ3v) is 5.70. The van der Waals surface area contributed by atoms with Crippen LogP contribution in [-0.2, 0) is 9.53 Å². The molecule has 1 saturated carbocycles. The third kappa shape index (κ3) is 14.1. The second kappa shape index (κ2) is 16.4. The molecule has 1 aliphatic rings. The van der Waals surface area contributed by atoms with Gasteiger partial charge in [-0.25, -0.2) is 0 Å². The van der Waals surface area contributed by atoms with Crippen molar-refractivity contribution >= 4 is 5.97 Å². The third-order valence-electron chi connectivity index (χ3n) is 5.70. The topological polar surface area (TPSA) is 58.6 Å². The first-order valence-electron chi connectivity index (χ1n) is 11.7. The average Bonchev–Trinajstić information content (AvgIpc) is 2.63. The maximum atomic E-state index is 11.6. The molecular formula is C23H45NO3. The van der Waals surface area contributed by atoms with Crippen LogP contribution in [-0.4, -0.2) is 35.9 Å². The van der Waals surface area contributed by atoms with E-state index in [0.29, 0.717) is 25.1 Å². The molecule has 160 valence electrons. The molecule has 1 aliphatic carbocycles. The molecule has 1 fully saturated rings. The Bertz CT molecular complexity index is 362. The van der Waals surface area contributed by atoms with Crippen molar-refractivity contribution in [1.82, 2.24) is 5.32 Å². The molecule has 1 rings (SSSR count).